The van der Waals surface area contributed by atoms with Crippen molar-refractivity contribution >= 4 is 18.1 Å². The van der Waals surface area contributed by atoms with E-state index in [2.05, 4.69) is 4.74 Å². The summed E-state index contributed by atoms with van der Waals surface area (Å²) < 4.78 is 24.2. The van der Waals surface area contributed by atoms with Crippen LogP contribution in [0.1, 0.15) is 20.3 Å². The number of esters is 2. The van der Waals surface area contributed by atoms with Crippen LogP contribution in [-0.2, 0) is 33.3 Å². The molecule has 2 unspecified atom stereocenters. The first kappa shape index (κ1) is 15.2. The summed E-state index contributed by atoms with van der Waals surface area (Å²) in [6, 6.07) is 0. The lowest BCUT2D eigenvalue weighted by Crippen LogP contribution is -2.30. The van der Waals surface area contributed by atoms with E-state index in [4.69, 9.17) is 18.9 Å². The second-order valence-electron chi connectivity index (χ2n) is 3.88. The summed E-state index contributed by atoms with van der Waals surface area (Å²) >= 11 is 0. The van der Waals surface area contributed by atoms with E-state index in [1.807, 2.05) is 0 Å². The van der Waals surface area contributed by atoms with E-state index in [0.717, 1.165) is 0 Å². The molecule has 0 bridgehead atoms. The Kier molecular flexibility index (Phi) is 5.56. The fraction of sp³-hybridized carbons (Fsp3) is 0.727. The predicted molar refractivity (Wildman–Crippen MR) is 59.0 cm³/mol. The Morgan fingerprint density at radius 1 is 1.16 bits per heavy atom. The van der Waals surface area contributed by atoms with Crippen molar-refractivity contribution in [1.82, 2.24) is 0 Å². The van der Waals surface area contributed by atoms with Crippen molar-refractivity contribution in [2.45, 2.75) is 38.8 Å². The largest absolute Gasteiger partial charge is 0.508 e. The predicted octanol–water partition coefficient (Wildman–Crippen LogP) is 0.379. The van der Waals surface area contributed by atoms with Gasteiger partial charge < -0.3 is 23.7 Å². The summed E-state index contributed by atoms with van der Waals surface area (Å²) in [7, 11) is 1.18. The molecule has 0 aromatic carbocycles. The standard InChI is InChI=1S/C11H16O8/c1-6(12)17-9-4-8(5-16-11(14)15-3)19-10(9)18-7(2)13/h8-10H,4-5H2,1-3H3/t8-,9?,10?/m0/s1. The third-order valence-corrected chi connectivity index (χ3v) is 2.28. The molecule has 1 fully saturated rings. The third-order valence-electron chi connectivity index (χ3n) is 2.28. The van der Waals surface area contributed by atoms with Gasteiger partial charge in [0.15, 0.2) is 6.10 Å². The average molecular weight is 276 g/mol. The van der Waals surface area contributed by atoms with Gasteiger partial charge in [-0.1, -0.05) is 0 Å². The van der Waals surface area contributed by atoms with Gasteiger partial charge in [-0.05, 0) is 0 Å². The van der Waals surface area contributed by atoms with Crippen LogP contribution in [-0.4, -0.2) is 50.3 Å². The molecule has 0 N–H and O–H groups in total. The molecule has 1 aliphatic heterocycles. The third kappa shape index (κ3) is 5.12. The van der Waals surface area contributed by atoms with Gasteiger partial charge in [0.25, 0.3) is 0 Å². The SMILES string of the molecule is COC(=O)OC[C@@H]1CC(OC(C)=O)C(OC(C)=O)O1. The molecule has 8 nitrogen and oxygen atoms in total. The minimum atomic E-state index is -0.993. The van der Waals surface area contributed by atoms with Gasteiger partial charge in [-0.2, -0.15) is 0 Å². The molecule has 1 saturated heterocycles. The maximum Gasteiger partial charge on any atom is 0.508 e. The smallest absolute Gasteiger partial charge is 0.456 e. The molecule has 3 atom stereocenters. The van der Waals surface area contributed by atoms with Crippen molar-refractivity contribution in [3.05, 3.63) is 0 Å². The molecule has 0 saturated carbocycles. The fourth-order valence-electron chi connectivity index (χ4n) is 1.61. The molecule has 1 rings (SSSR count). The van der Waals surface area contributed by atoms with E-state index in [1.54, 1.807) is 0 Å². The Morgan fingerprint density at radius 3 is 2.32 bits per heavy atom. The molecule has 0 spiro atoms. The number of hydrogen-bond donors (Lipinski definition) is 0. The summed E-state index contributed by atoms with van der Waals surface area (Å²) in [4.78, 5) is 32.6. The van der Waals surface area contributed by atoms with E-state index in [1.165, 1.54) is 21.0 Å². The molecule has 0 aliphatic carbocycles. The van der Waals surface area contributed by atoms with Crippen LogP contribution >= 0.6 is 0 Å². The van der Waals surface area contributed by atoms with Gasteiger partial charge in [0.2, 0.25) is 6.29 Å². The Hall–Kier alpha value is -1.83. The Labute approximate surface area is 109 Å². The molecule has 1 heterocycles. The molecular formula is C11H16O8. The van der Waals surface area contributed by atoms with Gasteiger partial charge in [0, 0.05) is 20.3 Å². The summed E-state index contributed by atoms with van der Waals surface area (Å²) in [6.45, 7) is 2.37. The molecule has 0 aromatic rings. The fourth-order valence-corrected chi connectivity index (χ4v) is 1.61. The Balaban J connectivity index is 2.52. The van der Waals surface area contributed by atoms with Crippen LogP contribution < -0.4 is 0 Å². The highest BCUT2D eigenvalue weighted by molar-refractivity contribution is 5.67. The molecule has 19 heavy (non-hydrogen) atoms. The Morgan fingerprint density at radius 2 is 1.79 bits per heavy atom. The Bertz CT molecular complexity index is 329. The summed E-state index contributed by atoms with van der Waals surface area (Å²) in [5, 5.41) is 0. The first-order valence-electron chi connectivity index (χ1n) is 5.63. The van der Waals surface area contributed by atoms with E-state index in [9.17, 15) is 14.4 Å². The zero-order chi connectivity index (χ0) is 14.4. The molecule has 108 valence electrons. The van der Waals surface area contributed by atoms with Crippen LogP contribution in [0.3, 0.4) is 0 Å². The van der Waals surface area contributed by atoms with Crippen molar-refractivity contribution in [1.29, 1.82) is 0 Å². The first-order valence-corrected chi connectivity index (χ1v) is 5.63. The maximum absolute atomic E-state index is 10.9. The lowest BCUT2D eigenvalue weighted by Gasteiger charge is -2.17. The zero-order valence-electron chi connectivity index (χ0n) is 10.9. The van der Waals surface area contributed by atoms with E-state index >= 15 is 0 Å². The van der Waals surface area contributed by atoms with E-state index < -0.39 is 36.6 Å². The lowest BCUT2D eigenvalue weighted by molar-refractivity contribution is -0.195. The summed E-state index contributed by atoms with van der Waals surface area (Å²) in [5.74, 6) is -1.07. The van der Waals surface area contributed by atoms with Crippen molar-refractivity contribution in [3.63, 3.8) is 0 Å². The van der Waals surface area contributed by atoms with Gasteiger partial charge >= 0.3 is 18.1 Å². The maximum atomic E-state index is 10.9. The molecule has 8 heteroatoms. The molecule has 1 aliphatic rings. The quantitative estimate of drug-likeness (QED) is 0.537. The van der Waals surface area contributed by atoms with Crippen molar-refractivity contribution in [2.24, 2.45) is 0 Å². The van der Waals surface area contributed by atoms with Crippen LogP contribution in [0.25, 0.3) is 0 Å². The van der Waals surface area contributed by atoms with Crippen LogP contribution in [0.2, 0.25) is 0 Å². The number of carbonyl (C=O) groups is 3. The van der Waals surface area contributed by atoms with Crippen LogP contribution in [0.15, 0.2) is 0 Å². The monoisotopic (exact) mass is 276 g/mol. The highest BCUT2D eigenvalue weighted by Gasteiger charge is 2.40. The van der Waals surface area contributed by atoms with Crippen molar-refractivity contribution in [3.8, 4) is 0 Å². The second-order valence-corrected chi connectivity index (χ2v) is 3.88. The minimum Gasteiger partial charge on any atom is -0.456 e. The van der Waals surface area contributed by atoms with Crippen LogP contribution in [0, 0.1) is 0 Å². The normalized spacial score (nSPS) is 25.5. The van der Waals surface area contributed by atoms with Crippen molar-refractivity contribution < 1.29 is 38.1 Å². The minimum absolute atomic E-state index is 0.0811. The number of hydrogen-bond acceptors (Lipinski definition) is 8. The number of carbonyl (C=O) groups excluding carboxylic acids is 3. The molecule has 0 amide bonds. The second kappa shape index (κ2) is 6.93. The van der Waals surface area contributed by atoms with Gasteiger partial charge in [-0.15, -0.1) is 0 Å². The number of methoxy groups -OCH3 is 1. The first-order chi connectivity index (χ1) is 8.92. The van der Waals surface area contributed by atoms with Gasteiger partial charge in [0.1, 0.15) is 6.61 Å². The van der Waals surface area contributed by atoms with E-state index in [0.29, 0.717) is 0 Å². The molecular weight excluding hydrogens is 260 g/mol. The van der Waals surface area contributed by atoms with Crippen LogP contribution in [0.5, 0.6) is 0 Å². The number of rotatable bonds is 4. The summed E-state index contributed by atoms with van der Waals surface area (Å²) in [5.41, 5.74) is 0. The van der Waals surface area contributed by atoms with Gasteiger partial charge in [0.05, 0.1) is 13.2 Å². The highest BCUT2D eigenvalue weighted by atomic mass is 16.7. The topological polar surface area (TPSA) is 97.4 Å². The highest BCUT2D eigenvalue weighted by Crippen LogP contribution is 2.25. The molecule has 0 radical (unpaired) electrons. The average Bonchev–Trinajstić information content (AvgIpc) is 2.66. The molecule has 0 aromatic heterocycles. The zero-order valence-corrected chi connectivity index (χ0v) is 10.9. The van der Waals surface area contributed by atoms with Gasteiger partial charge in [-0.3, -0.25) is 9.59 Å². The van der Waals surface area contributed by atoms with E-state index in [-0.39, 0.29) is 13.0 Å². The number of ether oxygens (including phenoxy) is 5. The van der Waals surface area contributed by atoms with Crippen LogP contribution in [0.4, 0.5) is 4.79 Å². The van der Waals surface area contributed by atoms with Gasteiger partial charge in [-0.25, -0.2) is 4.79 Å². The summed E-state index contributed by atoms with van der Waals surface area (Å²) in [6.07, 6.45) is -2.83. The lowest BCUT2D eigenvalue weighted by atomic mass is 10.2. The van der Waals surface area contributed by atoms with Crippen molar-refractivity contribution in [2.75, 3.05) is 13.7 Å².